The summed E-state index contributed by atoms with van der Waals surface area (Å²) in [7, 11) is 0. The van der Waals surface area contributed by atoms with Crippen LogP contribution in [0.3, 0.4) is 0 Å². The smallest absolute Gasteiger partial charge is 0.126 e. The lowest BCUT2D eigenvalue weighted by atomic mass is 9.99. The highest BCUT2D eigenvalue weighted by molar-refractivity contribution is 9.10. The Morgan fingerprint density at radius 1 is 0.842 bits per heavy atom. The quantitative estimate of drug-likeness (QED) is 0.668. The van der Waals surface area contributed by atoms with Gasteiger partial charge in [-0.05, 0) is 41.5 Å². The normalized spacial score (nSPS) is 12.5. The summed E-state index contributed by atoms with van der Waals surface area (Å²) < 4.78 is 40.3. The van der Waals surface area contributed by atoms with E-state index in [9.17, 15) is 13.2 Å². The van der Waals surface area contributed by atoms with Gasteiger partial charge in [-0.25, -0.2) is 18.6 Å². The van der Waals surface area contributed by atoms with Crippen LogP contribution in [0.15, 0.2) is 40.9 Å². The lowest BCUT2D eigenvalue weighted by molar-refractivity contribution is 0.564. The van der Waals surface area contributed by atoms with E-state index in [1.165, 1.54) is 12.1 Å². The highest BCUT2D eigenvalue weighted by atomic mass is 79.9. The molecule has 3 N–H and O–H groups in total. The first-order valence-corrected chi connectivity index (χ1v) is 6.17. The Bertz CT molecular complexity index is 512. The minimum atomic E-state index is -0.717. The van der Waals surface area contributed by atoms with Crippen LogP contribution in [0.1, 0.15) is 17.2 Å². The van der Waals surface area contributed by atoms with Gasteiger partial charge >= 0.3 is 0 Å². The molecule has 0 saturated carbocycles. The molecule has 1 atom stereocenters. The first kappa shape index (κ1) is 14.0. The van der Waals surface area contributed by atoms with E-state index >= 15 is 0 Å². The first-order valence-electron chi connectivity index (χ1n) is 5.37. The molecule has 6 heteroatoms. The van der Waals surface area contributed by atoms with Gasteiger partial charge < -0.3 is 0 Å². The summed E-state index contributed by atoms with van der Waals surface area (Å²) >= 11 is 3.16. The lowest BCUT2D eigenvalue weighted by Gasteiger charge is -2.17. The molecule has 2 aromatic rings. The van der Waals surface area contributed by atoms with Crippen molar-refractivity contribution in [3.63, 3.8) is 0 Å². The van der Waals surface area contributed by atoms with Crippen molar-refractivity contribution in [1.82, 2.24) is 5.43 Å². The number of halogens is 4. The van der Waals surface area contributed by atoms with Gasteiger partial charge in [0.25, 0.3) is 0 Å². The molecule has 0 radical (unpaired) electrons. The maximum absolute atomic E-state index is 13.4. The predicted octanol–water partition coefficient (Wildman–Crippen LogP) is 3.42. The molecule has 100 valence electrons. The molecular formula is C13H10BrF3N2. The molecule has 0 fully saturated rings. The summed E-state index contributed by atoms with van der Waals surface area (Å²) in [6, 6.07) is 6.49. The predicted molar refractivity (Wildman–Crippen MR) is 69.6 cm³/mol. The Labute approximate surface area is 116 Å². The number of hydrazine groups is 1. The van der Waals surface area contributed by atoms with Crippen molar-refractivity contribution < 1.29 is 13.2 Å². The Balaban J connectivity index is 2.49. The van der Waals surface area contributed by atoms with E-state index in [4.69, 9.17) is 5.84 Å². The molecule has 2 nitrogen and oxygen atoms in total. The van der Waals surface area contributed by atoms with E-state index in [2.05, 4.69) is 21.4 Å². The van der Waals surface area contributed by atoms with Crippen LogP contribution < -0.4 is 11.3 Å². The molecule has 0 spiro atoms. The number of rotatable bonds is 3. The fraction of sp³-hybridized carbons (Fsp3) is 0.0769. The molecule has 19 heavy (non-hydrogen) atoms. The molecule has 0 amide bonds. The average molecular weight is 331 g/mol. The molecule has 0 aliphatic carbocycles. The monoisotopic (exact) mass is 330 g/mol. The zero-order valence-corrected chi connectivity index (χ0v) is 11.2. The van der Waals surface area contributed by atoms with Crippen LogP contribution in [-0.2, 0) is 0 Å². The Morgan fingerprint density at radius 2 is 1.32 bits per heavy atom. The van der Waals surface area contributed by atoms with Gasteiger partial charge in [-0.3, -0.25) is 5.84 Å². The van der Waals surface area contributed by atoms with Gasteiger partial charge in [0.2, 0.25) is 0 Å². The van der Waals surface area contributed by atoms with Crippen molar-refractivity contribution in [1.29, 1.82) is 0 Å². The summed E-state index contributed by atoms with van der Waals surface area (Å²) in [5.74, 6) is 3.50. The third kappa shape index (κ3) is 3.34. The first-order chi connectivity index (χ1) is 8.99. The molecule has 0 heterocycles. The molecule has 0 aliphatic heterocycles. The van der Waals surface area contributed by atoms with Crippen LogP contribution in [-0.4, -0.2) is 0 Å². The SMILES string of the molecule is NNC(c1cc(F)cc(F)c1)c1cc(F)cc(Br)c1. The molecule has 1 unspecified atom stereocenters. The number of nitrogens with one attached hydrogen (secondary N) is 1. The van der Waals surface area contributed by atoms with E-state index in [-0.39, 0.29) is 5.56 Å². The fourth-order valence-electron chi connectivity index (χ4n) is 1.87. The second kappa shape index (κ2) is 5.73. The van der Waals surface area contributed by atoms with Crippen LogP contribution in [0.25, 0.3) is 0 Å². The summed E-state index contributed by atoms with van der Waals surface area (Å²) in [4.78, 5) is 0. The van der Waals surface area contributed by atoms with Crippen LogP contribution in [0.4, 0.5) is 13.2 Å². The molecule has 0 bridgehead atoms. The maximum Gasteiger partial charge on any atom is 0.126 e. The third-order valence-electron chi connectivity index (χ3n) is 2.60. The maximum atomic E-state index is 13.4. The molecule has 0 saturated heterocycles. The second-order valence-electron chi connectivity index (χ2n) is 4.01. The van der Waals surface area contributed by atoms with Crippen molar-refractivity contribution >= 4 is 15.9 Å². The number of benzene rings is 2. The molecule has 0 aliphatic rings. The number of nitrogens with two attached hydrogens (primary N) is 1. The van der Waals surface area contributed by atoms with Crippen molar-refractivity contribution in [3.05, 3.63) is 69.4 Å². The molecule has 2 rings (SSSR count). The van der Waals surface area contributed by atoms with E-state index < -0.39 is 23.5 Å². The zero-order valence-electron chi connectivity index (χ0n) is 9.63. The minimum absolute atomic E-state index is 0.275. The number of hydrogen-bond acceptors (Lipinski definition) is 2. The van der Waals surface area contributed by atoms with E-state index in [1.54, 1.807) is 6.07 Å². The fourth-order valence-corrected chi connectivity index (χ4v) is 2.35. The summed E-state index contributed by atoms with van der Waals surface area (Å²) in [6.07, 6.45) is 0. The van der Waals surface area contributed by atoms with Crippen molar-refractivity contribution in [2.24, 2.45) is 5.84 Å². The second-order valence-corrected chi connectivity index (χ2v) is 4.92. The molecule has 2 aromatic carbocycles. The Kier molecular flexibility index (Phi) is 4.24. The largest absolute Gasteiger partial charge is 0.271 e. The van der Waals surface area contributed by atoms with Crippen LogP contribution in [0.5, 0.6) is 0 Å². The highest BCUT2D eigenvalue weighted by Gasteiger charge is 2.16. The Morgan fingerprint density at radius 3 is 1.79 bits per heavy atom. The lowest BCUT2D eigenvalue weighted by Crippen LogP contribution is -2.29. The number of hydrogen-bond donors (Lipinski definition) is 2. The van der Waals surface area contributed by atoms with Crippen molar-refractivity contribution in [3.8, 4) is 0 Å². The van der Waals surface area contributed by atoms with Gasteiger partial charge in [0, 0.05) is 10.5 Å². The average Bonchev–Trinajstić information content (AvgIpc) is 2.27. The van der Waals surface area contributed by atoms with Crippen LogP contribution in [0.2, 0.25) is 0 Å². The molecular weight excluding hydrogens is 321 g/mol. The zero-order chi connectivity index (χ0) is 14.0. The van der Waals surface area contributed by atoms with Gasteiger partial charge in [0.05, 0.1) is 6.04 Å². The minimum Gasteiger partial charge on any atom is -0.271 e. The van der Waals surface area contributed by atoms with Gasteiger partial charge in [-0.15, -0.1) is 0 Å². The van der Waals surface area contributed by atoms with Crippen molar-refractivity contribution in [2.75, 3.05) is 0 Å². The van der Waals surface area contributed by atoms with Gasteiger partial charge in [-0.2, -0.15) is 0 Å². The third-order valence-corrected chi connectivity index (χ3v) is 3.06. The summed E-state index contributed by atoms with van der Waals surface area (Å²) in [5, 5.41) is 0. The van der Waals surface area contributed by atoms with Crippen molar-refractivity contribution in [2.45, 2.75) is 6.04 Å². The van der Waals surface area contributed by atoms with Gasteiger partial charge in [0.1, 0.15) is 17.5 Å². The summed E-state index contributed by atoms with van der Waals surface area (Å²) in [5.41, 5.74) is 3.16. The highest BCUT2D eigenvalue weighted by Crippen LogP contribution is 2.26. The van der Waals surface area contributed by atoms with E-state index in [1.807, 2.05) is 0 Å². The van der Waals surface area contributed by atoms with E-state index in [0.29, 0.717) is 10.0 Å². The van der Waals surface area contributed by atoms with Crippen LogP contribution in [0, 0.1) is 17.5 Å². The van der Waals surface area contributed by atoms with Gasteiger partial charge in [0.15, 0.2) is 0 Å². The van der Waals surface area contributed by atoms with Crippen LogP contribution >= 0.6 is 15.9 Å². The van der Waals surface area contributed by atoms with Gasteiger partial charge in [-0.1, -0.05) is 15.9 Å². The molecule has 0 aromatic heterocycles. The standard InChI is InChI=1S/C13H10BrF3N2/c14-9-1-7(2-10(15)5-9)13(19-18)8-3-11(16)6-12(17)4-8/h1-6,13,19H,18H2. The Hall–Kier alpha value is -1.37. The summed E-state index contributed by atoms with van der Waals surface area (Å²) in [6.45, 7) is 0. The topological polar surface area (TPSA) is 38.0 Å². The van der Waals surface area contributed by atoms with E-state index in [0.717, 1.165) is 18.2 Å².